The van der Waals surface area contributed by atoms with E-state index in [0.29, 0.717) is 5.56 Å². The van der Waals surface area contributed by atoms with Crippen molar-refractivity contribution in [2.75, 3.05) is 0 Å². The Kier molecular flexibility index (Phi) is 2.16. The molecule has 2 saturated heterocycles. The number of carbonyl (C=O) groups is 2. The lowest BCUT2D eigenvalue weighted by molar-refractivity contribution is -0.206. The van der Waals surface area contributed by atoms with Crippen molar-refractivity contribution in [1.82, 2.24) is 0 Å². The predicted molar refractivity (Wildman–Crippen MR) is 75.7 cm³/mol. The van der Waals surface area contributed by atoms with Crippen molar-refractivity contribution in [3.8, 4) is 0 Å². The van der Waals surface area contributed by atoms with Gasteiger partial charge in [-0.15, -0.1) is 0 Å². The monoisotopic (exact) mass is 284 g/mol. The van der Waals surface area contributed by atoms with Crippen LogP contribution in [0, 0.1) is 5.41 Å². The third kappa shape index (κ3) is 1.28. The molecular formula is C17H16O4. The SMILES string of the molecule is CC1(C)C(=O)[C@@H]2O[C@@]1(C)O[C@]21C=Cc2ccccc2C1=O. The first-order valence-corrected chi connectivity index (χ1v) is 7.07. The Morgan fingerprint density at radius 3 is 2.48 bits per heavy atom. The van der Waals surface area contributed by atoms with Crippen LogP contribution >= 0.6 is 0 Å². The van der Waals surface area contributed by atoms with E-state index in [-0.39, 0.29) is 11.6 Å². The Balaban J connectivity index is 1.87. The van der Waals surface area contributed by atoms with Crippen LogP contribution in [-0.4, -0.2) is 29.1 Å². The van der Waals surface area contributed by atoms with Gasteiger partial charge in [0.15, 0.2) is 23.3 Å². The minimum absolute atomic E-state index is 0.0753. The zero-order valence-electron chi connectivity index (χ0n) is 12.2. The van der Waals surface area contributed by atoms with E-state index in [4.69, 9.17) is 9.47 Å². The third-order valence-electron chi connectivity index (χ3n) is 5.16. The minimum Gasteiger partial charge on any atom is -0.334 e. The largest absolute Gasteiger partial charge is 0.334 e. The molecule has 1 spiro atoms. The second-order valence-electron chi connectivity index (χ2n) is 6.58. The number of fused-ring (bicyclic) bond motifs is 4. The first-order chi connectivity index (χ1) is 9.82. The molecule has 108 valence electrons. The summed E-state index contributed by atoms with van der Waals surface area (Å²) < 4.78 is 11.9. The maximum Gasteiger partial charge on any atom is 0.202 e. The van der Waals surface area contributed by atoms with Gasteiger partial charge in [0.05, 0.1) is 5.41 Å². The molecule has 2 aliphatic heterocycles. The predicted octanol–water partition coefficient (Wildman–Crippen LogP) is 2.38. The van der Waals surface area contributed by atoms with Gasteiger partial charge in [-0.05, 0) is 32.4 Å². The summed E-state index contributed by atoms with van der Waals surface area (Å²) in [5.74, 6) is -1.34. The summed E-state index contributed by atoms with van der Waals surface area (Å²) in [4.78, 5) is 25.6. The van der Waals surface area contributed by atoms with Crippen LogP contribution in [-0.2, 0) is 14.3 Å². The van der Waals surface area contributed by atoms with E-state index in [1.165, 1.54) is 0 Å². The second-order valence-corrected chi connectivity index (χ2v) is 6.58. The molecular weight excluding hydrogens is 268 g/mol. The number of Topliss-reactive ketones (excluding diaryl/α,β-unsaturated/α-hetero) is 2. The molecule has 0 amide bonds. The van der Waals surface area contributed by atoms with Crippen LogP contribution in [0.15, 0.2) is 30.3 Å². The van der Waals surface area contributed by atoms with Gasteiger partial charge in [-0.3, -0.25) is 9.59 Å². The zero-order chi connectivity index (χ0) is 15.0. The summed E-state index contributed by atoms with van der Waals surface area (Å²) in [6.45, 7) is 5.33. The molecule has 0 aromatic heterocycles. The highest BCUT2D eigenvalue weighted by Gasteiger charge is 2.74. The van der Waals surface area contributed by atoms with Gasteiger partial charge in [-0.1, -0.05) is 30.3 Å². The smallest absolute Gasteiger partial charge is 0.202 e. The summed E-state index contributed by atoms with van der Waals surface area (Å²) in [6.07, 6.45) is 2.65. The van der Waals surface area contributed by atoms with E-state index in [0.717, 1.165) is 5.56 Å². The highest BCUT2D eigenvalue weighted by Crippen LogP contribution is 2.57. The number of ether oxygens (including phenoxy) is 2. The van der Waals surface area contributed by atoms with Gasteiger partial charge in [0.2, 0.25) is 5.78 Å². The van der Waals surface area contributed by atoms with Crippen molar-refractivity contribution in [3.63, 3.8) is 0 Å². The highest BCUT2D eigenvalue weighted by atomic mass is 16.8. The van der Waals surface area contributed by atoms with Gasteiger partial charge < -0.3 is 9.47 Å². The fraction of sp³-hybridized carbons (Fsp3) is 0.412. The Labute approximate surface area is 122 Å². The molecule has 3 aliphatic rings. The van der Waals surface area contributed by atoms with E-state index in [2.05, 4.69) is 0 Å². The minimum atomic E-state index is -1.31. The molecule has 1 aromatic rings. The number of carbonyl (C=O) groups excluding carboxylic acids is 2. The van der Waals surface area contributed by atoms with Crippen molar-refractivity contribution in [2.24, 2.45) is 5.41 Å². The number of hydrogen-bond donors (Lipinski definition) is 0. The Hall–Kier alpha value is -1.78. The summed E-state index contributed by atoms with van der Waals surface area (Å²) in [5.41, 5.74) is -0.648. The molecule has 2 bridgehead atoms. The highest BCUT2D eigenvalue weighted by molar-refractivity contribution is 6.14. The maximum atomic E-state index is 12.9. The normalized spacial score (nSPS) is 39.1. The summed E-state index contributed by atoms with van der Waals surface area (Å²) >= 11 is 0. The number of rotatable bonds is 0. The average molecular weight is 284 g/mol. The number of hydrogen-bond acceptors (Lipinski definition) is 4. The van der Waals surface area contributed by atoms with Crippen molar-refractivity contribution >= 4 is 17.6 Å². The molecule has 4 heteroatoms. The lowest BCUT2D eigenvalue weighted by Crippen LogP contribution is -2.59. The molecule has 0 radical (unpaired) electrons. The molecule has 3 atom stereocenters. The molecule has 0 saturated carbocycles. The lowest BCUT2D eigenvalue weighted by atomic mass is 9.71. The van der Waals surface area contributed by atoms with Crippen molar-refractivity contribution < 1.29 is 19.1 Å². The van der Waals surface area contributed by atoms with E-state index in [9.17, 15) is 9.59 Å². The van der Waals surface area contributed by atoms with Crippen molar-refractivity contribution in [3.05, 3.63) is 41.5 Å². The standard InChI is InChI=1S/C17H16O4/c1-15(2)13(19)14-17(21-16(15,3)20-14)9-8-10-6-4-5-7-11(10)12(17)18/h4-9,14H,1-3H3/t14-,16-,17-/m0/s1. The van der Waals surface area contributed by atoms with Crippen LogP contribution in [0.1, 0.15) is 36.7 Å². The van der Waals surface area contributed by atoms with E-state index in [1.807, 2.05) is 24.3 Å². The topological polar surface area (TPSA) is 52.6 Å². The van der Waals surface area contributed by atoms with Crippen LogP contribution in [0.4, 0.5) is 0 Å². The van der Waals surface area contributed by atoms with Gasteiger partial charge in [-0.25, -0.2) is 0 Å². The van der Waals surface area contributed by atoms with Crippen molar-refractivity contribution in [1.29, 1.82) is 0 Å². The summed E-state index contributed by atoms with van der Waals surface area (Å²) in [6, 6.07) is 7.32. The van der Waals surface area contributed by atoms with Crippen LogP contribution in [0.25, 0.3) is 6.08 Å². The van der Waals surface area contributed by atoms with Crippen LogP contribution in [0.3, 0.4) is 0 Å². The molecule has 4 nitrogen and oxygen atoms in total. The zero-order valence-corrected chi connectivity index (χ0v) is 12.2. The lowest BCUT2D eigenvalue weighted by Gasteiger charge is -2.42. The molecule has 1 aliphatic carbocycles. The summed E-state index contributed by atoms with van der Waals surface area (Å²) in [5, 5.41) is 0. The van der Waals surface area contributed by atoms with Crippen LogP contribution < -0.4 is 0 Å². The van der Waals surface area contributed by atoms with Gasteiger partial charge in [0.25, 0.3) is 0 Å². The van der Waals surface area contributed by atoms with E-state index >= 15 is 0 Å². The molecule has 4 rings (SSSR count). The Morgan fingerprint density at radius 2 is 1.81 bits per heavy atom. The van der Waals surface area contributed by atoms with Gasteiger partial charge >= 0.3 is 0 Å². The number of ketones is 2. The first-order valence-electron chi connectivity index (χ1n) is 7.07. The first kappa shape index (κ1) is 12.9. The maximum absolute atomic E-state index is 12.9. The van der Waals surface area contributed by atoms with Crippen LogP contribution in [0.2, 0.25) is 0 Å². The van der Waals surface area contributed by atoms with Gasteiger partial charge in [-0.2, -0.15) is 0 Å². The molecule has 2 heterocycles. The Morgan fingerprint density at radius 1 is 1.10 bits per heavy atom. The molecule has 1 aromatic carbocycles. The average Bonchev–Trinajstić information content (AvgIpc) is 2.86. The molecule has 0 N–H and O–H groups in total. The fourth-order valence-electron chi connectivity index (χ4n) is 3.42. The second kappa shape index (κ2) is 3.51. The molecule has 21 heavy (non-hydrogen) atoms. The van der Waals surface area contributed by atoms with Crippen molar-refractivity contribution in [2.45, 2.75) is 38.3 Å². The third-order valence-corrected chi connectivity index (χ3v) is 5.16. The summed E-state index contributed by atoms with van der Waals surface area (Å²) in [7, 11) is 0. The van der Waals surface area contributed by atoms with Gasteiger partial charge in [0.1, 0.15) is 0 Å². The van der Waals surface area contributed by atoms with Crippen LogP contribution in [0.5, 0.6) is 0 Å². The number of benzene rings is 1. The molecule has 2 fully saturated rings. The molecule has 0 unspecified atom stereocenters. The van der Waals surface area contributed by atoms with Gasteiger partial charge in [0, 0.05) is 5.56 Å². The quantitative estimate of drug-likeness (QED) is 0.734. The van der Waals surface area contributed by atoms with E-state index in [1.54, 1.807) is 32.9 Å². The van der Waals surface area contributed by atoms with E-state index < -0.39 is 22.9 Å². The fourth-order valence-corrected chi connectivity index (χ4v) is 3.42. The Bertz CT molecular complexity index is 717.